The third-order valence-corrected chi connectivity index (χ3v) is 3.98. The van der Waals surface area contributed by atoms with Crippen molar-refractivity contribution in [2.45, 2.75) is 26.7 Å². The Morgan fingerprint density at radius 3 is 2.79 bits per heavy atom. The number of hydrogen-bond donors (Lipinski definition) is 3. The molecular weight excluding hydrogens is 310 g/mol. The van der Waals surface area contributed by atoms with Crippen molar-refractivity contribution >= 4 is 17.5 Å². The third kappa shape index (κ3) is 2.92. The Bertz CT molecular complexity index is 899. The molecule has 124 valence electrons. The van der Waals surface area contributed by atoms with Crippen LogP contribution >= 0.6 is 0 Å². The normalized spacial score (nSPS) is 15.7. The van der Waals surface area contributed by atoms with E-state index in [1.54, 1.807) is 0 Å². The SMILES string of the molecule is CC1(C)CC(=O)c2cc(C(=O)Nc3ncccc3O)c(=O)[nH]c2C1. The molecule has 2 aromatic rings. The molecule has 1 aliphatic rings. The number of Topliss-reactive ketones (excluding diaryl/α,β-unsaturated/α-hetero) is 1. The topological polar surface area (TPSA) is 112 Å². The fourth-order valence-corrected chi connectivity index (χ4v) is 2.86. The van der Waals surface area contributed by atoms with Crippen molar-refractivity contribution in [3.05, 3.63) is 51.6 Å². The van der Waals surface area contributed by atoms with Crippen molar-refractivity contribution in [2.24, 2.45) is 5.41 Å². The van der Waals surface area contributed by atoms with Crippen molar-refractivity contribution in [1.82, 2.24) is 9.97 Å². The maximum atomic E-state index is 12.3. The standard InChI is InChI=1S/C17H17N3O4/c1-17(2)7-11-9(13(22)8-17)6-10(15(23)19-11)16(24)20-14-12(21)4-3-5-18-14/h3-6,21H,7-8H2,1-2H3,(H,19,23)(H,18,20,24). The quantitative estimate of drug-likeness (QED) is 0.779. The molecule has 3 rings (SSSR count). The van der Waals surface area contributed by atoms with Crippen LogP contribution in [0.5, 0.6) is 5.75 Å². The minimum atomic E-state index is -0.731. The summed E-state index contributed by atoms with van der Waals surface area (Å²) in [7, 11) is 0. The molecule has 3 N–H and O–H groups in total. The monoisotopic (exact) mass is 327 g/mol. The zero-order valence-electron chi connectivity index (χ0n) is 13.3. The predicted molar refractivity (Wildman–Crippen MR) is 87.4 cm³/mol. The molecule has 7 heteroatoms. The summed E-state index contributed by atoms with van der Waals surface area (Å²) in [6.45, 7) is 3.91. The van der Waals surface area contributed by atoms with Gasteiger partial charge in [0.15, 0.2) is 17.4 Å². The van der Waals surface area contributed by atoms with Crippen LogP contribution < -0.4 is 10.9 Å². The minimum Gasteiger partial charge on any atom is -0.504 e. The largest absolute Gasteiger partial charge is 0.504 e. The number of aromatic hydroxyl groups is 1. The Hall–Kier alpha value is -2.96. The highest BCUT2D eigenvalue weighted by molar-refractivity contribution is 6.06. The lowest BCUT2D eigenvalue weighted by molar-refractivity contribution is 0.0910. The lowest BCUT2D eigenvalue weighted by Gasteiger charge is -2.29. The number of hydrogen-bond acceptors (Lipinski definition) is 5. The smallest absolute Gasteiger partial charge is 0.262 e. The Kier molecular flexibility index (Phi) is 3.71. The molecule has 2 aromatic heterocycles. The Balaban J connectivity index is 1.97. The van der Waals surface area contributed by atoms with Gasteiger partial charge in [0.1, 0.15) is 5.56 Å². The van der Waals surface area contributed by atoms with Gasteiger partial charge >= 0.3 is 0 Å². The first-order valence-electron chi connectivity index (χ1n) is 7.51. The van der Waals surface area contributed by atoms with Crippen LogP contribution in [0.2, 0.25) is 0 Å². The molecule has 7 nitrogen and oxygen atoms in total. The Labute approximate surface area is 137 Å². The van der Waals surface area contributed by atoms with Gasteiger partial charge in [-0.05, 0) is 30.0 Å². The zero-order chi connectivity index (χ0) is 17.5. The number of ketones is 1. The molecule has 0 unspecified atom stereocenters. The van der Waals surface area contributed by atoms with Crippen LogP contribution in [0, 0.1) is 5.41 Å². The Morgan fingerprint density at radius 2 is 2.08 bits per heavy atom. The maximum absolute atomic E-state index is 12.3. The van der Waals surface area contributed by atoms with E-state index >= 15 is 0 Å². The van der Waals surface area contributed by atoms with E-state index in [4.69, 9.17) is 0 Å². The molecule has 0 fully saturated rings. The van der Waals surface area contributed by atoms with Crippen molar-refractivity contribution in [3.8, 4) is 5.75 Å². The van der Waals surface area contributed by atoms with Gasteiger partial charge in [-0.25, -0.2) is 4.98 Å². The molecular formula is C17H17N3O4. The van der Waals surface area contributed by atoms with Crippen LogP contribution in [0.15, 0.2) is 29.2 Å². The summed E-state index contributed by atoms with van der Waals surface area (Å²) in [4.78, 5) is 43.3. The van der Waals surface area contributed by atoms with Gasteiger partial charge in [0.2, 0.25) is 0 Å². The summed E-state index contributed by atoms with van der Waals surface area (Å²) in [5, 5.41) is 12.0. The van der Waals surface area contributed by atoms with Crippen molar-refractivity contribution < 1.29 is 14.7 Å². The predicted octanol–water partition coefficient (Wildman–Crippen LogP) is 1.88. The van der Waals surface area contributed by atoms with Gasteiger partial charge in [0.25, 0.3) is 11.5 Å². The number of nitrogens with zero attached hydrogens (tertiary/aromatic N) is 1. The summed E-state index contributed by atoms with van der Waals surface area (Å²) in [6.07, 6.45) is 2.32. The summed E-state index contributed by atoms with van der Waals surface area (Å²) >= 11 is 0. The van der Waals surface area contributed by atoms with Gasteiger partial charge in [-0.1, -0.05) is 13.8 Å². The van der Waals surface area contributed by atoms with Gasteiger partial charge in [-0.3, -0.25) is 14.4 Å². The minimum absolute atomic E-state index is 0.0490. The molecule has 0 saturated carbocycles. The number of pyridine rings is 2. The van der Waals surface area contributed by atoms with Crippen molar-refractivity contribution in [1.29, 1.82) is 0 Å². The number of fused-ring (bicyclic) bond motifs is 1. The van der Waals surface area contributed by atoms with Crippen molar-refractivity contribution in [3.63, 3.8) is 0 Å². The highest BCUT2D eigenvalue weighted by Gasteiger charge is 2.32. The second-order valence-corrected chi connectivity index (χ2v) is 6.67. The summed E-state index contributed by atoms with van der Waals surface area (Å²) in [6, 6.07) is 4.20. The van der Waals surface area contributed by atoms with Crippen LogP contribution in [0.1, 0.15) is 46.7 Å². The fourth-order valence-electron chi connectivity index (χ4n) is 2.86. The van der Waals surface area contributed by atoms with E-state index in [1.807, 2.05) is 13.8 Å². The van der Waals surface area contributed by atoms with Crippen LogP contribution in [0.3, 0.4) is 0 Å². The molecule has 0 radical (unpaired) electrons. The number of anilines is 1. The van der Waals surface area contributed by atoms with Gasteiger partial charge in [0, 0.05) is 23.9 Å². The zero-order valence-corrected chi connectivity index (χ0v) is 13.3. The summed E-state index contributed by atoms with van der Waals surface area (Å²) < 4.78 is 0. The van der Waals surface area contributed by atoms with E-state index in [9.17, 15) is 19.5 Å². The second-order valence-electron chi connectivity index (χ2n) is 6.67. The molecule has 0 bridgehead atoms. The molecule has 24 heavy (non-hydrogen) atoms. The molecule has 1 amide bonds. The molecule has 0 saturated heterocycles. The fraction of sp³-hybridized carbons (Fsp3) is 0.294. The van der Waals surface area contributed by atoms with E-state index in [0.717, 1.165) is 0 Å². The second kappa shape index (κ2) is 5.59. The van der Waals surface area contributed by atoms with E-state index in [1.165, 1.54) is 24.4 Å². The van der Waals surface area contributed by atoms with E-state index in [-0.39, 0.29) is 28.3 Å². The number of aromatic amines is 1. The first kappa shape index (κ1) is 15.9. The first-order valence-corrected chi connectivity index (χ1v) is 7.51. The number of carbonyl (C=O) groups is 2. The molecule has 0 aliphatic heterocycles. The van der Waals surface area contributed by atoms with Crippen molar-refractivity contribution in [2.75, 3.05) is 5.32 Å². The Morgan fingerprint density at radius 1 is 1.33 bits per heavy atom. The van der Waals surface area contributed by atoms with Crippen LogP contribution in [0.25, 0.3) is 0 Å². The maximum Gasteiger partial charge on any atom is 0.262 e. The third-order valence-electron chi connectivity index (χ3n) is 3.98. The summed E-state index contributed by atoms with van der Waals surface area (Å²) in [5.41, 5.74) is -0.0712. The number of rotatable bonds is 2. The van der Waals surface area contributed by atoms with Gasteiger partial charge in [0.05, 0.1) is 0 Å². The number of aromatic nitrogens is 2. The van der Waals surface area contributed by atoms with Gasteiger partial charge in [-0.2, -0.15) is 0 Å². The van der Waals surface area contributed by atoms with Gasteiger partial charge in [-0.15, -0.1) is 0 Å². The highest BCUT2D eigenvalue weighted by atomic mass is 16.3. The number of carbonyl (C=O) groups excluding carboxylic acids is 2. The van der Waals surface area contributed by atoms with Crippen LogP contribution in [0.4, 0.5) is 5.82 Å². The van der Waals surface area contributed by atoms with E-state index in [2.05, 4.69) is 15.3 Å². The molecule has 0 atom stereocenters. The van der Waals surface area contributed by atoms with E-state index < -0.39 is 11.5 Å². The number of H-pyrrole nitrogens is 1. The number of nitrogens with one attached hydrogen (secondary N) is 2. The lowest BCUT2D eigenvalue weighted by Crippen LogP contribution is -2.32. The molecule has 1 aliphatic carbocycles. The van der Waals surface area contributed by atoms with Gasteiger partial charge < -0.3 is 15.4 Å². The number of amides is 1. The molecule has 0 aromatic carbocycles. The first-order chi connectivity index (χ1) is 11.3. The molecule has 0 spiro atoms. The average Bonchev–Trinajstić information content (AvgIpc) is 2.47. The highest BCUT2D eigenvalue weighted by Crippen LogP contribution is 2.33. The average molecular weight is 327 g/mol. The van der Waals surface area contributed by atoms with Crippen LogP contribution in [-0.4, -0.2) is 26.8 Å². The van der Waals surface area contributed by atoms with E-state index in [0.29, 0.717) is 24.1 Å². The van der Waals surface area contributed by atoms with Crippen LogP contribution in [-0.2, 0) is 6.42 Å². The summed E-state index contributed by atoms with van der Waals surface area (Å²) in [5.74, 6) is -1.09. The molecule has 2 heterocycles. The lowest BCUT2D eigenvalue weighted by atomic mass is 9.75.